The Morgan fingerprint density at radius 3 is 2.83 bits per heavy atom. The monoisotopic (exact) mass is 365 g/mol. The molecule has 1 aromatic rings. The highest BCUT2D eigenvalue weighted by Crippen LogP contribution is 2.31. The first kappa shape index (κ1) is 18.4. The second-order valence-electron chi connectivity index (χ2n) is 5.52. The Hall–Kier alpha value is -0.920. The molecule has 2 rings (SSSR count). The number of aliphatic carboxylic acids is 1. The average Bonchev–Trinajstić information content (AvgIpc) is 2.83. The summed E-state index contributed by atoms with van der Waals surface area (Å²) in [4.78, 5) is 11.2. The van der Waals surface area contributed by atoms with E-state index in [1.165, 1.54) is 12.1 Å². The number of carboxylic acid groups (broad SMARTS) is 1. The number of nitrogens with one attached hydrogen (secondary N) is 1. The molecule has 0 aliphatic carbocycles. The van der Waals surface area contributed by atoms with Crippen LogP contribution in [0, 0.1) is 11.7 Å². The quantitative estimate of drug-likeness (QED) is 0.758. The summed E-state index contributed by atoms with van der Waals surface area (Å²) in [5.41, 5.74) is 0.455. The number of hydrogen-bond acceptors (Lipinski definition) is 4. The summed E-state index contributed by atoms with van der Waals surface area (Å²) in [6, 6.07) is 1.73. The van der Waals surface area contributed by atoms with Crippen molar-refractivity contribution in [2.45, 2.75) is 38.4 Å². The lowest BCUT2D eigenvalue weighted by molar-refractivity contribution is -0.160. The van der Waals surface area contributed by atoms with Crippen LogP contribution < -0.4 is 5.32 Å². The molecule has 1 aliphatic heterocycles. The van der Waals surface area contributed by atoms with Gasteiger partial charge in [0.25, 0.3) is 0 Å². The van der Waals surface area contributed by atoms with Crippen molar-refractivity contribution in [1.29, 1.82) is 0 Å². The highest BCUT2D eigenvalue weighted by molar-refractivity contribution is 6.35. The number of hydrogen-bond donors (Lipinski definition) is 2. The number of carboxylic acids is 1. The van der Waals surface area contributed by atoms with Crippen molar-refractivity contribution in [3.8, 4) is 0 Å². The first-order valence-corrected chi connectivity index (χ1v) is 7.89. The van der Waals surface area contributed by atoms with Crippen LogP contribution in [0.3, 0.4) is 0 Å². The second kappa shape index (κ2) is 7.77. The summed E-state index contributed by atoms with van der Waals surface area (Å²) >= 11 is 11.6. The van der Waals surface area contributed by atoms with Gasteiger partial charge in [-0.25, -0.2) is 4.39 Å². The van der Waals surface area contributed by atoms with Crippen LogP contribution in [0.2, 0.25) is 10.0 Å². The molecule has 0 amide bonds. The van der Waals surface area contributed by atoms with Crippen LogP contribution in [0.15, 0.2) is 12.1 Å². The van der Waals surface area contributed by atoms with Crippen molar-refractivity contribution < 1.29 is 23.8 Å². The Labute approximate surface area is 143 Å². The molecule has 0 spiro atoms. The van der Waals surface area contributed by atoms with Gasteiger partial charge >= 0.3 is 5.97 Å². The van der Waals surface area contributed by atoms with Gasteiger partial charge in [-0.2, -0.15) is 0 Å². The van der Waals surface area contributed by atoms with Crippen LogP contribution in [0.4, 0.5) is 4.39 Å². The molecule has 128 valence electrons. The van der Waals surface area contributed by atoms with Gasteiger partial charge in [0, 0.05) is 11.4 Å². The van der Waals surface area contributed by atoms with E-state index in [1.54, 1.807) is 7.05 Å². The topological polar surface area (TPSA) is 67.8 Å². The van der Waals surface area contributed by atoms with E-state index in [-0.39, 0.29) is 17.5 Å². The van der Waals surface area contributed by atoms with Gasteiger partial charge in [-0.3, -0.25) is 4.79 Å². The summed E-state index contributed by atoms with van der Waals surface area (Å²) in [5, 5.41) is 12.2. The zero-order valence-electron chi connectivity index (χ0n) is 12.7. The molecule has 0 saturated carbocycles. The Bertz CT molecular complexity index is 587. The fraction of sp³-hybridized carbons (Fsp3) is 0.533. The largest absolute Gasteiger partial charge is 0.480 e. The SMILES string of the molecule is CNC(C(=O)O)[C@@H]1OC(OCc2cc(F)c(Cl)cc2Cl)C[C@H]1C. The smallest absolute Gasteiger partial charge is 0.323 e. The van der Waals surface area contributed by atoms with Crippen LogP contribution in [-0.2, 0) is 20.9 Å². The van der Waals surface area contributed by atoms with Gasteiger partial charge in [-0.05, 0) is 30.7 Å². The standard InChI is InChI=1S/C15H18Cl2FNO4/c1-7-3-12(23-14(7)13(19-2)15(20)21)22-6-8-4-11(18)10(17)5-9(8)16/h4-5,7,12-14,19H,3,6H2,1-2H3,(H,20,21)/t7-,12?,13?,14-/m1/s1. The average molecular weight is 366 g/mol. The molecule has 1 heterocycles. The first-order valence-electron chi connectivity index (χ1n) is 7.14. The minimum atomic E-state index is -0.979. The van der Waals surface area contributed by atoms with E-state index in [1.807, 2.05) is 6.92 Å². The van der Waals surface area contributed by atoms with E-state index >= 15 is 0 Å². The van der Waals surface area contributed by atoms with E-state index in [2.05, 4.69) is 5.32 Å². The molecule has 1 fully saturated rings. The number of rotatable bonds is 6. The van der Waals surface area contributed by atoms with Crippen LogP contribution in [0.25, 0.3) is 0 Å². The highest BCUT2D eigenvalue weighted by atomic mass is 35.5. The van der Waals surface area contributed by atoms with Crippen LogP contribution in [0.5, 0.6) is 0 Å². The number of benzene rings is 1. The maximum Gasteiger partial charge on any atom is 0.323 e. The molecule has 2 unspecified atom stereocenters. The lowest BCUT2D eigenvalue weighted by Crippen LogP contribution is -2.46. The van der Waals surface area contributed by atoms with Gasteiger partial charge in [0.05, 0.1) is 17.7 Å². The van der Waals surface area contributed by atoms with Gasteiger partial charge in [0.2, 0.25) is 0 Å². The third-order valence-electron chi connectivity index (χ3n) is 3.85. The van der Waals surface area contributed by atoms with Crippen molar-refractivity contribution in [3.05, 3.63) is 33.6 Å². The Morgan fingerprint density at radius 1 is 1.52 bits per heavy atom. The minimum Gasteiger partial charge on any atom is -0.480 e. The van der Waals surface area contributed by atoms with Gasteiger partial charge in [-0.15, -0.1) is 0 Å². The van der Waals surface area contributed by atoms with Gasteiger partial charge < -0.3 is 19.9 Å². The molecule has 0 aromatic heterocycles. The molecule has 0 radical (unpaired) electrons. The van der Waals surface area contributed by atoms with Crippen LogP contribution in [-0.4, -0.2) is 36.6 Å². The first-order chi connectivity index (χ1) is 10.8. The molecule has 4 atom stereocenters. The van der Waals surface area contributed by atoms with Crippen molar-refractivity contribution in [1.82, 2.24) is 5.32 Å². The van der Waals surface area contributed by atoms with Crippen molar-refractivity contribution in [2.75, 3.05) is 7.05 Å². The van der Waals surface area contributed by atoms with Crippen molar-refractivity contribution in [2.24, 2.45) is 5.92 Å². The molecule has 23 heavy (non-hydrogen) atoms. The molecule has 1 aromatic carbocycles. The van der Waals surface area contributed by atoms with E-state index in [4.69, 9.17) is 32.7 Å². The summed E-state index contributed by atoms with van der Waals surface area (Å²) < 4.78 is 24.8. The second-order valence-corrected chi connectivity index (χ2v) is 6.33. The number of likely N-dealkylation sites (N-methyl/N-ethyl adjacent to an activating group) is 1. The highest BCUT2D eigenvalue weighted by Gasteiger charge is 2.40. The minimum absolute atomic E-state index is 0.00553. The molecule has 0 bridgehead atoms. The van der Waals surface area contributed by atoms with E-state index < -0.39 is 30.2 Å². The van der Waals surface area contributed by atoms with E-state index in [0.29, 0.717) is 17.0 Å². The van der Waals surface area contributed by atoms with Crippen molar-refractivity contribution in [3.63, 3.8) is 0 Å². The fourth-order valence-corrected chi connectivity index (χ4v) is 3.04. The number of carbonyl (C=O) groups is 1. The summed E-state index contributed by atoms with van der Waals surface area (Å²) in [6.07, 6.45) is -0.524. The Balaban J connectivity index is 1.98. The predicted molar refractivity (Wildman–Crippen MR) is 84.1 cm³/mol. The van der Waals surface area contributed by atoms with Gasteiger partial charge in [0.1, 0.15) is 11.9 Å². The molecule has 5 nitrogen and oxygen atoms in total. The molecular weight excluding hydrogens is 348 g/mol. The maximum absolute atomic E-state index is 13.5. The van der Waals surface area contributed by atoms with Gasteiger partial charge in [-0.1, -0.05) is 30.1 Å². The zero-order chi connectivity index (χ0) is 17.1. The Kier molecular flexibility index (Phi) is 6.22. The normalized spacial score (nSPS) is 25.5. The number of ether oxygens (including phenoxy) is 2. The summed E-state index contributed by atoms with van der Waals surface area (Å²) in [7, 11) is 1.57. The molecule has 2 N–H and O–H groups in total. The third kappa shape index (κ3) is 4.33. The van der Waals surface area contributed by atoms with Gasteiger partial charge in [0.15, 0.2) is 6.29 Å². The Morgan fingerprint density at radius 2 is 2.22 bits per heavy atom. The number of halogens is 3. The van der Waals surface area contributed by atoms with Crippen LogP contribution >= 0.6 is 23.2 Å². The fourth-order valence-electron chi connectivity index (χ4n) is 2.60. The lowest BCUT2D eigenvalue weighted by atomic mass is 9.97. The third-order valence-corrected chi connectivity index (χ3v) is 4.50. The molecular formula is C15H18Cl2FNO4. The zero-order valence-corrected chi connectivity index (χ0v) is 14.2. The predicted octanol–water partition coefficient (Wildman–Crippen LogP) is 3.07. The molecule has 1 aliphatic rings. The summed E-state index contributed by atoms with van der Waals surface area (Å²) in [6.45, 7) is 1.95. The lowest BCUT2D eigenvalue weighted by Gasteiger charge is -2.22. The van der Waals surface area contributed by atoms with E-state index in [9.17, 15) is 14.3 Å². The maximum atomic E-state index is 13.5. The molecule has 1 saturated heterocycles. The van der Waals surface area contributed by atoms with Crippen LogP contribution in [0.1, 0.15) is 18.9 Å². The summed E-state index contributed by atoms with van der Waals surface area (Å²) in [5.74, 6) is -1.55. The molecule has 8 heteroatoms. The van der Waals surface area contributed by atoms with E-state index in [0.717, 1.165) is 0 Å². The van der Waals surface area contributed by atoms with Crippen molar-refractivity contribution >= 4 is 29.2 Å².